The monoisotopic (exact) mass is 431 g/mol. The quantitative estimate of drug-likeness (QED) is 0.636. The standard InChI is InChI=1S/C20H15ClFN3O3S/c21-15-7-1-2-8-16(15)28-17-9-4-10-18-19(17)24-20(25-29(18,26)27)23-12-13-5-3-6-14(22)11-13/h1-11H,12H2,(H2,23,24,25). The molecule has 0 unspecified atom stereocenters. The maximum atomic E-state index is 13.3. The first-order valence-electron chi connectivity index (χ1n) is 8.56. The lowest BCUT2D eigenvalue weighted by Crippen LogP contribution is -2.40. The van der Waals surface area contributed by atoms with E-state index in [0.29, 0.717) is 16.3 Å². The summed E-state index contributed by atoms with van der Waals surface area (Å²) >= 11 is 6.14. The van der Waals surface area contributed by atoms with Crippen molar-refractivity contribution in [1.82, 2.24) is 4.72 Å². The van der Waals surface area contributed by atoms with Crippen LogP contribution in [0, 0.1) is 5.82 Å². The van der Waals surface area contributed by atoms with E-state index in [9.17, 15) is 12.8 Å². The molecule has 0 spiro atoms. The van der Waals surface area contributed by atoms with Crippen LogP contribution in [-0.2, 0) is 16.6 Å². The second-order valence-electron chi connectivity index (χ2n) is 6.19. The molecule has 29 heavy (non-hydrogen) atoms. The maximum absolute atomic E-state index is 13.3. The molecule has 1 aliphatic heterocycles. The van der Waals surface area contributed by atoms with E-state index in [-0.39, 0.29) is 34.7 Å². The van der Waals surface area contributed by atoms with Crippen molar-refractivity contribution in [3.63, 3.8) is 0 Å². The second kappa shape index (κ2) is 7.73. The predicted octanol–water partition coefficient (Wildman–Crippen LogP) is 4.53. The summed E-state index contributed by atoms with van der Waals surface area (Å²) in [7, 11) is -3.86. The van der Waals surface area contributed by atoms with Gasteiger partial charge in [0, 0.05) is 0 Å². The van der Waals surface area contributed by atoms with Gasteiger partial charge in [0.25, 0.3) is 10.0 Å². The van der Waals surface area contributed by atoms with Gasteiger partial charge in [0.05, 0.1) is 11.6 Å². The Labute approximate surface area is 172 Å². The number of nitrogens with one attached hydrogen (secondary N) is 2. The summed E-state index contributed by atoms with van der Waals surface area (Å²) in [5.41, 5.74) is 0.842. The molecule has 0 radical (unpaired) electrons. The van der Waals surface area contributed by atoms with Crippen LogP contribution in [0.15, 0.2) is 76.6 Å². The van der Waals surface area contributed by atoms with Gasteiger partial charge in [-0.1, -0.05) is 41.9 Å². The number of anilines is 1. The SMILES string of the molecule is O=S1(=O)NC(=NCc2cccc(F)c2)Nc2c(Oc3ccccc3Cl)cccc21. The molecule has 9 heteroatoms. The van der Waals surface area contributed by atoms with Crippen LogP contribution in [0.4, 0.5) is 10.1 Å². The molecule has 0 fully saturated rings. The summed E-state index contributed by atoms with van der Waals surface area (Å²) in [6, 6.07) is 17.4. The van der Waals surface area contributed by atoms with Crippen molar-refractivity contribution in [2.24, 2.45) is 4.99 Å². The van der Waals surface area contributed by atoms with Crippen molar-refractivity contribution in [2.45, 2.75) is 11.4 Å². The van der Waals surface area contributed by atoms with Crippen LogP contribution in [0.25, 0.3) is 0 Å². The van der Waals surface area contributed by atoms with E-state index in [0.717, 1.165) is 0 Å². The lowest BCUT2D eigenvalue weighted by atomic mass is 10.2. The molecule has 0 atom stereocenters. The first-order valence-corrected chi connectivity index (χ1v) is 10.4. The van der Waals surface area contributed by atoms with Crippen LogP contribution in [0.2, 0.25) is 5.02 Å². The Balaban J connectivity index is 1.68. The van der Waals surface area contributed by atoms with E-state index in [1.165, 1.54) is 18.2 Å². The molecule has 0 amide bonds. The Hall–Kier alpha value is -3.10. The molecule has 1 heterocycles. The second-order valence-corrected chi connectivity index (χ2v) is 8.25. The molecule has 6 nitrogen and oxygen atoms in total. The zero-order chi connectivity index (χ0) is 20.4. The number of fused-ring (bicyclic) bond motifs is 1. The number of para-hydroxylation sites is 2. The smallest absolute Gasteiger partial charge is 0.266 e. The maximum Gasteiger partial charge on any atom is 0.266 e. The van der Waals surface area contributed by atoms with Crippen molar-refractivity contribution < 1.29 is 17.5 Å². The van der Waals surface area contributed by atoms with E-state index in [4.69, 9.17) is 16.3 Å². The van der Waals surface area contributed by atoms with E-state index in [1.807, 2.05) is 0 Å². The number of benzene rings is 3. The molecular weight excluding hydrogens is 417 g/mol. The highest BCUT2D eigenvalue weighted by Gasteiger charge is 2.29. The van der Waals surface area contributed by atoms with Gasteiger partial charge >= 0.3 is 0 Å². The van der Waals surface area contributed by atoms with Crippen molar-refractivity contribution in [3.8, 4) is 11.5 Å². The Morgan fingerprint density at radius 2 is 1.76 bits per heavy atom. The summed E-state index contributed by atoms with van der Waals surface area (Å²) in [5.74, 6) is 0.287. The molecule has 0 aliphatic carbocycles. The van der Waals surface area contributed by atoms with Gasteiger partial charge in [0.2, 0.25) is 5.96 Å². The van der Waals surface area contributed by atoms with Gasteiger partial charge in [-0.05, 0) is 42.0 Å². The Kier molecular flexibility index (Phi) is 5.12. The summed E-state index contributed by atoms with van der Waals surface area (Å²) in [6.45, 7) is 0.0888. The molecule has 4 rings (SSSR count). The number of sulfonamides is 1. The normalized spacial score (nSPS) is 15.9. The van der Waals surface area contributed by atoms with Crippen LogP contribution in [0.3, 0.4) is 0 Å². The zero-order valence-corrected chi connectivity index (χ0v) is 16.5. The molecule has 0 bridgehead atoms. The van der Waals surface area contributed by atoms with Gasteiger partial charge in [-0.2, -0.15) is 0 Å². The minimum Gasteiger partial charge on any atom is -0.454 e. The van der Waals surface area contributed by atoms with Gasteiger partial charge in [-0.25, -0.2) is 22.5 Å². The highest BCUT2D eigenvalue weighted by atomic mass is 35.5. The number of halogens is 2. The zero-order valence-electron chi connectivity index (χ0n) is 14.9. The van der Waals surface area contributed by atoms with Crippen molar-refractivity contribution in [1.29, 1.82) is 0 Å². The molecule has 2 N–H and O–H groups in total. The number of ether oxygens (including phenoxy) is 1. The van der Waals surface area contributed by atoms with Crippen LogP contribution >= 0.6 is 11.6 Å². The van der Waals surface area contributed by atoms with Crippen molar-refractivity contribution in [3.05, 3.63) is 83.1 Å². The lowest BCUT2D eigenvalue weighted by Gasteiger charge is -2.23. The number of guanidine groups is 1. The lowest BCUT2D eigenvalue weighted by molar-refractivity contribution is 0.483. The van der Waals surface area contributed by atoms with Crippen molar-refractivity contribution in [2.75, 3.05) is 5.32 Å². The van der Waals surface area contributed by atoms with Gasteiger partial charge in [-0.15, -0.1) is 0 Å². The van der Waals surface area contributed by atoms with Crippen LogP contribution in [-0.4, -0.2) is 14.4 Å². The number of hydrogen-bond donors (Lipinski definition) is 2. The molecule has 0 aromatic heterocycles. The number of aliphatic imine (C=N–C) groups is 1. The van der Waals surface area contributed by atoms with E-state index in [1.54, 1.807) is 48.5 Å². The summed E-state index contributed by atoms with van der Waals surface area (Å²) in [4.78, 5) is 4.24. The minimum absolute atomic E-state index is 0.0111. The Morgan fingerprint density at radius 1 is 1.00 bits per heavy atom. The number of hydrogen-bond acceptors (Lipinski definition) is 4. The fraction of sp³-hybridized carbons (Fsp3) is 0.0500. The highest BCUT2D eigenvalue weighted by Crippen LogP contribution is 2.38. The average Bonchev–Trinajstić information content (AvgIpc) is 2.68. The third-order valence-corrected chi connectivity index (χ3v) is 5.81. The Bertz CT molecular complexity index is 1220. The molecule has 0 saturated heterocycles. The topological polar surface area (TPSA) is 79.8 Å². The fourth-order valence-electron chi connectivity index (χ4n) is 2.79. The van der Waals surface area contributed by atoms with Gasteiger partial charge in [0.15, 0.2) is 5.75 Å². The van der Waals surface area contributed by atoms with E-state index >= 15 is 0 Å². The molecular formula is C20H15ClFN3O3S. The largest absolute Gasteiger partial charge is 0.454 e. The van der Waals surface area contributed by atoms with Crippen LogP contribution < -0.4 is 14.8 Å². The summed E-state index contributed by atoms with van der Waals surface area (Å²) < 4.78 is 46.8. The van der Waals surface area contributed by atoms with Gasteiger partial charge in [0.1, 0.15) is 22.1 Å². The first-order chi connectivity index (χ1) is 13.9. The third-order valence-electron chi connectivity index (χ3n) is 4.12. The predicted molar refractivity (Wildman–Crippen MR) is 109 cm³/mol. The van der Waals surface area contributed by atoms with E-state index < -0.39 is 10.0 Å². The average molecular weight is 432 g/mol. The molecule has 148 valence electrons. The fourth-order valence-corrected chi connectivity index (χ4v) is 4.13. The van der Waals surface area contributed by atoms with Crippen LogP contribution in [0.1, 0.15) is 5.56 Å². The summed E-state index contributed by atoms with van der Waals surface area (Å²) in [6.07, 6.45) is 0. The molecule has 1 aliphatic rings. The first kappa shape index (κ1) is 19.2. The highest BCUT2D eigenvalue weighted by molar-refractivity contribution is 7.90. The van der Waals surface area contributed by atoms with E-state index in [2.05, 4.69) is 15.0 Å². The minimum atomic E-state index is -3.86. The van der Waals surface area contributed by atoms with Crippen LogP contribution in [0.5, 0.6) is 11.5 Å². The number of rotatable bonds is 4. The van der Waals surface area contributed by atoms with Gasteiger partial charge in [-0.3, -0.25) is 0 Å². The Morgan fingerprint density at radius 3 is 2.55 bits per heavy atom. The van der Waals surface area contributed by atoms with Crippen molar-refractivity contribution >= 4 is 33.3 Å². The third kappa shape index (κ3) is 4.18. The number of nitrogens with zero attached hydrogens (tertiary/aromatic N) is 1. The van der Waals surface area contributed by atoms with Gasteiger partial charge < -0.3 is 10.1 Å². The molecule has 3 aromatic carbocycles. The molecule has 0 saturated carbocycles. The summed E-state index contributed by atoms with van der Waals surface area (Å²) in [5, 5.41) is 3.33. The molecule has 3 aromatic rings.